The van der Waals surface area contributed by atoms with E-state index >= 15 is 0 Å². The van der Waals surface area contributed by atoms with Gasteiger partial charge in [-0.05, 0) is 36.2 Å². The highest BCUT2D eigenvalue weighted by atomic mass is 16.5. The van der Waals surface area contributed by atoms with Crippen molar-refractivity contribution in [1.82, 2.24) is 5.32 Å². The van der Waals surface area contributed by atoms with Crippen molar-refractivity contribution in [2.24, 2.45) is 5.73 Å². The third-order valence-corrected chi connectivity index (χ3v) is 3.30. The highest BCUT2D eigenvalue weighted by Gasteiger charge is 2.09. The highest BCUT2D eigenvalue weighted by Crippen LogP contribution is 2.14. The third kappa shape index (κ3) is 4.74. The van der Waals surface area contributed by atoms with Crippen molar-refractivity contribution in [2.45, 2.75) is 6.42 Å². The molecule has 0 heterocycles. The van der Waals surface area contributed by atoms with Gasteiger partial charge in [-0.2, -0.15) is 0 Å². The number of methoxy groups -OCH3 is 1. The predicted octanol–water partition coefficient (Wildman–Crippen LogP) is 2.16. The zero-order chi connectivity index (χ0) is 16.7. The van der Waals surface area contributed by atoms with Crippen LogP contribution in [-0.4, -0.2) is 25.6 Å². The zero-order valence-corrected chi connectivity index (χ0v) is 12.8. The van der Waals surface area contributed by atoms with Crippen LogP contribution in [0, 0.1) is 0 Å². The molecule has 2 aromatic rings. The van der Waals surface area contributed by atoms with Crippen molar-refractivity contribution in [3.8, 4) is 5.75 Å². The molecule has 0 aliphatic rings. The van der Waals surface area contributed by atoms with Crippen LogP contribution in [0.4, 0.5) is 10.5 Å². The van der Waals surface area contributed by atoms with E-state index in [9.17, 15) is 9.59 Å². The van der Waals surface area contributed by atoms with E-state index in [0.717, 1.165) is 11.3 Å². The van der Waals surface area contributed by atoms with Crippen molar-refractivity contribution >= 4 is 17.6 Å². The van der Waals surface area contributed by atoms with E-state index in [4.69, 9.17) is 10.5 Å². The summed E-state index contributed by atoms with van der Waals surface area (Å²) in [5.41, 5.74) is 7.02. The third-order valence-electron chi connectivity index (χ3n) is 3.30. The van der Waals surface area contributed by atoms with Gasteiger partial charge in [-0.1, -0.05) is 24.3 Å². The Morgan fingerprint density at radius 3 is 2.43 bits per heavy atom. The average molecular weight is 313 g/mol. The Morgan fingerprint density at radius 2 is 1.78 bits per heavy atom. The van der Waals surface area contributed by atoms with E-state index in [-0.39, 0.29) is 11.6 Å². The Balaban J connectivity index is 1.84. The van der Waals surface area contributed by atoms with Gasteiger partial charge in [0.25, 0.3) is 5.91 Å². The van der Waals surface area contributed by atoms with E-state index in [1.165, 1.54) is 0 Å². The van der Waals surface area contributed by atoms with Crippen LogP contribution in [0.5, 0.6) is 5.75 Å². The molecule has 0 spiro atoms. The van der Waals surface area contributed by atoms with Gasteiger partial charge in [-0.25, -0.2) is 4.79 Å². The molecule has 2 aromatic carbocycles. The molecule has 0 atom stereocenters. The molecule has 23 heavy (non-hydrogen) atoms. The molecule has 0 unspecified atom stereocenters. The number of nitrogens with one attached hydrogen (secondary N) is 2. The first-order chi connectivity index (χ1) is 11.1. The number of rotatable bonds is 6. The number of urea groups is 1. The first kappa shape index (κ1) is 16.4. The molecule has 2 rings (SSSR count). The van der Waals surface area contributed by atoms with Crippen molar-refractivity contribution in [2.75, 3.05) is 19.0 Å². The fraction of sp³-hybridized carbons (Fsp3) is 0.176. The second-order valence-electron chi connectivity index (χ2n) is 4.89. The number of primary amides is 1. The number of para-hydroxylation sites is 1. The minimum absolute atomic E-state index is 0.276. The number of hydrogen-bond acceptors (Lipinski definition) is 3. The summed E-state index contributed by atoms with van der Waals surface area (Å²) in [6, 6.07) is 13.9. The van der Waals surface area contributed by atoms with Crippen molar-refractivity contribution in [1.29, 1.82) is 0 Å². The lowest BCUT2D eigenvalue weighted by molar-refractivity contribution is 0.100. The lowest BCUT2D eigenvalue weighted by atomic mass is 10.1. The quantitative estimate of drug-likeness (QED) is 0.763. The summed E-state index contributed by atoms with van der Waals surface area (Å²) < 4.78 is 5.09. The molecule has 6 nitrogen and oxygen atoms in total. The molecule has 0 aliphatic carbocycles. The molecule has 3 amide bonds. The topological polar surface area (TPSA) is 93.4 Å². The predicted molar refractivity (Wildman–Crippen MR) is 88.7 cm³/mol. The number of amides is 3. The number of carbonyl (C=O) groups excluding carboxylic acids is 2. The van der Waals surface area contributed by atoms with Crippen LogP contribution in [-0.2, 0) is 6.42 Å². The number of nitrogens with two attached hydrogens (primary N) is 1. The summed E-state index contributed by atoms with van der Waals surface area (Å²) in [5.74, 6) is 0.210. The van der Waals surface area contributed by atoms with Crippen molar-refractivity contribution in [3.63, 3.8) is 0 Å². The summed E-state index contributed by atoms with van der Waals surface area (Å²) in [6.07, 6.45) is 0.689. The first-order valence-corrected chi connectivity index (χ1v) is 7.17. The number of anilines is 1. The van der Waals surface area contributed by atoms with E-state index in [0.29, 0.717) is 18.7 Å². The van der Waals surface area contributed by atoms with E-state index in [1.807, 2.05) is 24.3 Å². The van der Waals surface area contributed by atoms with Gasteiger partial charge < -0.3 is 21.1 Å². The maximum absolute atomic E-state index is 11.9. The molecule has 4 N–H and O–H groups in total. The molecule has 6 heteroatoms. The fourth-order valence-electron chi connectivity index (χ4n) is 2.09. The second-order valence-corrected chi connectivity index (χ2v) is 4.89. The molecule has 0 aromatic heterocycles. The Labute approximate surface area is 134 Å². The monoisotopic (exact) mass is 313 g/mol. The van der Waals surface area contributed by atoms with Gasteiger partial charge in [-0.15, -0.1) is 0 Å². The van der Waals surface area contributed by atoms with Crippen molar-refractivity contribution in [3.05, 3.63) is 59.7 Å². The largest absolute Gasteiger partial charge is 0.497 e. The number of hydrogen-bond donors (Lipinski definition) is 3. The molecule has 0 saturated carbocycles. The lowest BCUT2D eigenvalue weighted by Crippen LogP contribution is -2.31. The van der Waals surface area contributed by atoms with Gasteiger partial charge in [0, 0.05) is 6.54 Å². The van der Waals surface area contributed by atoms with Crippen LogP contribution >= 0.6 is 0 Å². The highest BCUT2D eigenvalue weighted by molar-refractivity contribution is 6.02. The number of carbonyl (C=O) groups is 2. The standard InChI is InChI=1S/C17H19N3O3/c1-23-13-8-6-12(7-9-13)10-11-19-17(22)20-15-5-3-2-4-14(15)16(18)21/h2-9H,10-11H2,1H3,(H2,18,21)(H2,19,20,22). The number of ether oxygens (including phenoxy) is 1. The van der Waals surface area contributed by atoms with E-state index in [2.05, 4.69) is 10.6 Å². The van der Waals surface area contributed by atoms with Gasteiger partial charge in [0.15, 0.2) is 0 Å². The summed E-state index contributed by atoms with van der Waals surface area (Å²) in [4.78, 5) is 23.2. The van der Waals surface area contributed by atoms with Crippen LogP contribution in [0.15, 0.2) is 48.5 Å². The van der Waals surface area contributed by atoms with Gasteiger partial charge in [-0.3, -0.25) is 4.79 Å². The normalized spacial score (nSPS) is 9.96. The smallest absolute Gasteiger partial charge is 0.319 e. The van der Waals surface area contributed by atoms with Crippen LogP contribution in [0.3, 0.4) is 0 Å². The van der Waals surface area contributed by atoms with Gasteiger partial charge >= 0.3 is 6.03 Å². The van der Waals surface area contributed by atoms with Gasteiger partial charge in [0.05, 0.1) is 18.4 Å². The summed E-state index contributed by atoms with van der Waals surface area (Å²) in [5, 5.41) is 5.37. The average Bonchev–Trinajstić information content (AvgIpc) is 2.56. The molecule has 0 saturated heterocycles. The zero-order valence-electron chi connectivity index (χ0n) is 12.8. The second kappa shape index (κ2) is 7.84. The number of benzene rings is 2. The fourth-order valence-corrected chi connectivity index (χ4v) is 2.09. The molecule has 0 bridgehead atoms. The summed E-state index contributed by atoms with van der Waals surface area (Å²) >= 11 is 0. The first-order valence-electron chi connectivity index (χ1n) is 7.17. The van der Waals surface area contributed by atoms with Crippen molar-refractivity contribution < 1.29 is 14.3 Å². The lowest BCUT2D eigenvalue weighted by Gasteiger charge is -2.10. The van der Waals surface area contributed by atoms with Crippen LogP contribution in [0.2, 0.25) is 0 Å². The summed E-state index contributed by atoms with van der Waals surface area (Å²) in [7, 11) is 1.62. The molecular formula is C17H19N3O3. The van der Waals surface area contributed by atoms with Gasteiger partial charge in [0.2, 0.25) is 0 Å². The minimum Gasteiger partial charge on any atom is -0.497 e. The minimum atomic E-state index is -0.584. The van der Waals surface area contributed by atoms with Gasteiger partial charge in [0.1, 0.15) is 5.75 Å². The Morgan fingerprint density at radius 1 is 1.09 bits per heavy atom. The SMILES string of the molecule is COc1ccc(CCNC(=O)Nc2ccccc2C(N)=O)cc1. The Kier molecular flexibility index (Phi) is 5.57. The Hall–Kier alpha value is -3.02. The van der Waals surface area contributed by atoms with E-state index in [1.54, 1.807) is 31.4 Å². The van der Waals surface area contributed by atoms with Crippen LogP contribution < -0.4 is 21.1 Å². The molecule has 0 radical (unpaired) electrons. The maximum Gasteiger partial charge on any atom is 0.319 e. The molecule has 120 valence electrons. The van der Waals surface area contributed by atoms with E-state index < -0.39 is 5.91 Å². The molecule has 0 aliphatic heterocycles. The maximum atomic E-state index is 11.9. The molecular weight excluding hydrogens is 294 g/mol. The Bertz CT molecular complexity index is 684. The van der Waals surface area contributed by atoms with Crippen LogP contribution in [0.1, 0.15) is 15.9 Å². The summed E-state index contributed by atoms with van der Waals surface area (Å²) in [6.45, 7) is 0.469. The molecule has 0 fully saturated rings. The van der Waals surface area contributed by atoms with Crippen LogP contribution in [0.25, 0.3) is 0 Å².